The first kappa shape index (κ1) is 45.7. The Kier molecular flexibility index (Phi) is 12.9. The molecule has 0 aliphatic heterocycles. The normalized spacial score (nSPS) is 10.8. The second-order valence-electron chi connectivity index (χ2n) is 15.6. The van der Waals surface area contributed by atoms with E-state index in [1.807, 2.05) is 146 Å². The SMILES string of the molecule is Oc1nc2nc(-c3ccccc3)c(-c3ccccc3O)cc2[nH]1.Oc1nc2nc(-c3ccccc3)c(-c3ccccc3O)cc2[nH]1.Oc1nc2nc(-c3ccccc3)c(-c3ccccc3O)cc2[nH]1.[Al+3]. The summed E-state index contributed by atoms with van der Waals surface area (Å²) in [6.07, 6.45) is 0. The van der Waals surface area contributed by atoms with Gasteiger partial charge < -0.3 is 45.6 Å². The number of rotatable bonds is 6. The van der Waals surface area contributed by atoms with Crippen molar-refractivity contribution >= 4 is 50.9 Å². The maximum atomic E-state index is 10.2. The van der Waals surface area contributed by atoms with Gasteiger partial charge in [0.2, 0.25) is 0 Å². The molecule has 6 aromatic carbocycles. The molecule has 6 aromatic heterocycles. The summed E-state index contributed by atoms with van der Waals surface area (Å²) >= 11 is 0. The standard InChI is InChI=1S/3C18H13N3O2.Al/c3*22-15-9-5-4-8-12(15)13-10-14-17(21-18(23)19-14)20-16(13)11-6-2-1-3-7-11;/h3*1-10,22H,(H2,19,20,21,23);/q;;;+3. The van der Waals surface area contributed by atoms with E-state index in [1.54, 1.807) is 36.4 Å². The van der Waals surface area contributed by atoms with Crippen LogP contribution in [0, 0.1) is 0 Å². The van der Waals surface area contributed by atoms with E-state index in [2.05, 4.69) is 44.9 Å². The van der Waals surface area contributed by atoms with E-state index in [4.69, 9.17) is 0 Å². The Labute approximate surface area is 409 Å². The Balaban J connectivity index is 0.000000129. The molecule has 9 N–H and O–H groups in total. The van der Waals surface area contributed by atoms with Crippen LogP contribution in [0.4, 0.5) is 0 Å². The van der Waals surface area contributed by atoms with Crippen LogP contribution in [0.15, 0.2) is 182 Å². The zero-order valence-corrected chi connectivity index (χ0v) is 37.9. The molecule has 0 saturated carbocycles. The Morgan fingerprint density at radius 2 is 0.514 bits per heavy atom. The number of nitrogens with one attached hydrogen (secondary N) is 3. The van der Waals surface area contributed by atoms with Crippen molar-refractivity contribution in [2.24, 2.45) is 0 Å². The Hall–Kier alpha value is -9.49. The minimum Gasteiger partial charge on any atom is -0.507 e. The second-order valence-corrected chi connectivity index (χ2v) is 15.6. The zero-order chi connectivity index (χ0) is 47.4. The number of phenols is 3. The Morgan fingerprint density at radius 3 is 0.771 bits per heavy atom. The van der Waals surface area contributed by atoms with Crippen molar-refractivity contribution in [3.8, 4) is 102 Å². The molecule has 0 unspecified atom stereocenters. The minimum atomic E-state index is -0.180. The second kappa shape index (κ2) is 19.8. The number of phenolic OH excluding ortho intramolecular Hbond substituents is 3. The number of para-hydroxylation sites is 3. The first-order valence-corrected chi connectivity index (χ1v) is 21.5. The molecule has 0 radical (unpaired) electrons. The number of aromatic hydroxyl groups is 6. The summed E-state index contributed by atoms with van der Waals surface area (Å²) in [5.41, 5.74) is 12.3. The van der Waals surface area contributed by atoms with E-state index in [1.165, 1.54) is 0 Å². The summed E-state index contributed by atoms with van der Waals surface area (Å²) in [5, 5.41) is 59.4. The molecule has 15 nitrogen and oxygen atoms in total. The first-order valence-electron chi connectivity index (χ1n) is 21.5. The fraction of sp³-hybridized carbons (Fsp3) is 0. The average Bonchev–Trinajstić information content (AvgIpc) is 4.07. The third-order valence-electron chi connectivity index (χ3n) is 11.1. The van der Waals surface area contributed by atoms with Crippen molar-refractivity contribution in [1.82, 2.24) is 44.9 Å². The van der Waals surface area contributed by atoms with Crippen LogP contribution in [0.25, 0.3) is 101 Å². The van der Waals surface area contributed by atoms with Gasteiger partial charge in [0.15, 0.2) is 16.9 Å². The van der Waals surface area contributed by atoms with Gasteiger partial charge in [0.1, 0.15) is 17.2 Å². The summed E-state index contributed by atoms with van der Waals surface area (Å²) in [4.78, 5) is 34.0. The van der Waals surface area contributed by atoms with E-state index in [0.717, 1.165) is 33.4 Å². The maximum Gasteiger partial charge on any atom is 3.00 e. The fourth-order valence-corrected chi connectivity index (χ4v) is 7.96. The van der Waals surface area contributed by atoms with Gasteiger partial charge in [-0.1, -0.05) is 146 Å². The van der Waals surface area contributed by atoms with Crippen LogP contribution in [-0.4, -0.2) is 92.9 Å². The van der Waals surface area contributed by atoms with Crippen LogP contribution in [0.5, 0.6) is 35.3 Å². The Morgan fingerprint density at radius 1 is 0.271 bits per heavy atom. The average molecular weight is 937 g/mol. The van der Waals surface area contributed by atoms with E-state index >= 15 is 0 Å². The van der Waals surface area contributed by atoms with Gasteiger partial charge in [-0.2, -0.15) is 15.0 Å². The third-order valence-corrected chi connectivity index (χ3v) is 11.1. The molecule has 70 heavy (non-hydrogen) atoms. The molecule has 0 spiro atoms. The smallest absolute Gasteiger partial charge is 0.507 e. The van der Waals surface area contributed by atoms with Gasteiger partial charge in [0.25, 0.3) is 18.0 Å². The monoisotopic (exact) mass is 936 g/mol. The van der Waals surface area contributed by atoms with Gasteiger partial charge in [-0.3, -0.25) is 0 Å². The van der Waals surface area contributed by atoms with Crippen LogP contribution in [0.3, 0.4) is 0 Å². The number of aromatic amines is 3. The van der Waals surface area contributed by atoms with Gasteiger partial charge in [0.05, 0.1) is 33.6 Å². The van der Waals surface area contributed by atoms with Crippen molar-refractivity contribution in [3.63, 3.8) is 0 Å². The van der Waals surface area contributed by atoms with Gasteiger partial charge in [-0.15, -0.1) is 0 Å². The molecule has 16 heteroatoms. The van der Waals surface area contributed by atoms with E-state index in [-0.39, 0.29) is 52.6 Å². The topological polar surface area (TPSA) is 246 Å². The molecule has 0 aliphatic rings. The van der Waals surface area contributed by atoms with Crippen LogP contribution >= 0.6 is 0 Å². The predicted molar refractivity (Wildman–Crippen MR) is 270 cm³/mol. The molecule has 0 bridgehead atoms. The van der Waals surface area contributed by atoms with Crippen molar-refractivity contribution in [2.75, 3.05) is 0 Å². The summed E-state index contributed by atoms with van der Waals surface area (Å²) in [7, 11) is 0. The molecule has 0 aliphatic carbocycles. The van der Waals surface area contributed by atoms with E-state index in [0.29, 0.717) is 67.3 Å². The van der Waals surface area contributed by atoms with Crippen molar-refractivity contribution in [2.45, 2.75) is 0 Å². The summed E-state index contributed by atoms with van der Waals surface area (Å²) < 4.78 is 0. The first-order chi connectivity index (χ1) is 33.7. The summed E-state index contributed by atoms with van der Waals surface area (Å²) in [5.74, 6) is 0.527. The van der Waals surface area contributed by atoms with E-state index < -0.39 is 0 Å². The number of nitrogens with zero attached hydrogens (tertiary/aromatic N) is 6. The van der Waals surface area contributed by atoms with Gasteiger partial charge in [0, 0.05) is 50.1 Å². The number of fused-ring (bicyclic) bond motifs is 3. The third kappa shape index (κ3) is 9.40. The number of aromatic nitrogens is 9. The number of imidazole rings is 3. The number of benzene rings is 6. The maximum absolute atomic E-state index is 10.2. The number of hydrogen-bond donors (Lipinski definition) is 9. The molecule has 336 valence electrons. The molecule has 12 rings (SSSR count). The molecular formula is C54H39AlN9O6+3. The van der Waals surface area contributed by atoms with Crippen LogP contribution in [0.2, 0.25) is 0 Å². The van der Waals surface area contributed by atoms with Crippen LogP contribution in [0.1, 0.15) is 0 Å². The van der Waals surface area contributed by atoms with Crippen molar-refractivity contribution in [1.29, 1.82) is 0 Å². The zero-order valence-electron chi connectivity index (χ0n) is 36.8. The molecular weight excluding hydrogens is 898 g/mol. The molecule has 6 heterocycles. The molecule has 0 atom stereocenters. The molecule has 0 amide bonds. The predicted octanol–water partition coefficient (Wildman–Crippen LogP) is 10.7. The quantitative estimate of drug-likeness (QED) is 0.0707. The van der Waals surface area contributed by atoms with Crippen LogP contribution < -0.4 is 0 Å². The number of hydrogen-bond acceptors (Lipinski definition) is 12. The molecule has 12 aromatic rings. The van der Waals surface area contributed by atoms with Gasteiger partial charge >= 0.3 is 17.4 Å². The van der Waals surface area contributed by atoms with Crippen molar-refractivity contribution in [3.05, 3.63) is 182 Å². The largest absolute Gasteiger partial charge is 3.00 e. The molecule has 0 saturated heterocycles. The summed E-state index contributed by atoms with van der Waals surface area (Å²) in [6.45, 7) is 0. The van der Waals surface area contributed by atoms with Crippen LogP contribution in [-0.2, 0) is 0 Å². The number of H-pyrrole nitrogens is 3. The van der Waals surface area contributed by atoms with Gasteiger partial charge in [-0.05, 0) is 36.4 Å². The molecule has 0 fully saturated rings. The Bertz CT molecular complexity index is 3380. The summed E-state index contributed by atoms with van der Waals surface area (Å²) in [6, 6.07) is 55.4. The fourth-order valence-electron chi connectivity index (χ4n) is 7.96. The number of pyridine rings is 3. The van der Waals surface area contributed by atoms with Crippen molar-refractivity contribution < 1.29 is 30.6 Å². The van der Waals surface area contributed by atoms with E-state index in [9.17, 15) is 30.6 Å². The minimum absolute atomic E-state index is 0. The van der Waals surface area contributed by atoms with Gasteiger partial charge in [-0.25, -0.2) is 15.0 Å².